The van der Waals surface area contributed by atoms with Crippen LogP contribution < -0.4 is 5.32 Å². The van der Waals surface area contributed by atoms with Crippen molar-refractivity contribution in [1.82, 2.24) is 25.2 Å². The molecule has 4 rings (SSSR count). The van der Waals surface area contributed by atoms with Crippen molar-refractivity contribution >= 4 is 28.8 Å². The number of hydrogen-bond donors (Lipinski definition) is 1. The molecule has 7 nitrogen and oxygen atoms in total. The SMILES string of the molecule is Cc1ncc(C(CNC(=O)c2cc(-c3ncc(F)cn3)ccc2Cl)N2CCCOCC2)s1. The number of benzene rings is 1. The number of rotatable bonds is 6. The van der Waals surface area contributed by atoms with Gasteiger partial charge >= 0.3 is 0 Å². The van der Waals surface area contributed by atoms with Crippen LogP contribution in [0.5, 0.6) is 0 Å². The molecule has 3 aromatic rings. The van der Waals surface area contributed by atoms with E-state index in [4.69, 9.17) is 16.3 Å². The lowest BCUT2D eigenvalue weighted by Crippen LogP contribution is -2.39. The summed E-state index contributed by atoms with van der Waals surface area (Å²) in [5.74, 6) is -0.500. The molecule has 1 aromatic carbocycles. The van der Waals surface area contributed by atoms with E-state index in [1.54, 1.807) is 29.5 Å². The van der Waals surface area contributed by atoms with Gasteiger partial charge in [0.15, 0.2) is 11.6 Å². The summed E-state index contributed by atoms with van der Waals surface area (Å²) >= 11 is 7.94. The van der Waals surface area contributed by atoms with Crippen molar-refractivity contribution in [1.29, 1.82) is 0 Å². The van der Waals surface area contributed by atoms with Crippen LogP contribution in [0.15, 0.2) is 36.8 Å². The number of aryl methyl sites for hydroxylation is 1. The number of carbonyl (C=O) groups excluding carboxylic acids is 1. The number of halogens is 2. The smallest absolute Gasteiger partial charge is 0.252 e. The summed E-state index contributed by atoms with van der Waals surface area (Å²) in [6.45, 7) is 5.45. The van der Waals surface area contributed by atoms with Crippen LogP contribution in [0.4, 0.5) is 4.39 Å². The normalized spacial score (nSPS) is 15.8. The zero-order valence-corrected chi connectivity index (χ0v) is 19.1. The zero-order valence-electron chi connectivity index (χ0n) is 17.6. The monoisotopic (exact) mass is 475 g/mol. The largest absolute Gasteiger partial charge is 0.380 e. The van der Waals surface area contributed by atoms with Gasteiger partial charge in [-0.1, -0.05) is 11.6 Å². The average Bonchev–Trinajstić information content (AvgIpc) is 3.04. The van der Waals surface area contributed by atoms with Crippen molar-refractivity contribution in [3.8, 4) is 11.4 Å². The molecule has 1 unspecified atom stereocenters. The minimum absolute atomic E-state index is 0.00533. The van der Waals surface area contributed by atoms with Gasteiger partial charge in [0.1, 0.15) is 0 Å². The minimum atomic E-state index is -0.524. The number of ether oxygens (including phenoxy) is 1. The Morgan fingerprint density at radius 1 is 1.25 bits per heavy atom. The topological polar surface area (TPSA) is 80.2 Å². The van der Waals surface area contributed by atoms with E-state index >= 15 is 0 Å². The zero-order chi connectivity index (χ0) is 22.5. The summed E-state index contributed by atoms with van der Waals surface area (Å²) < 4.78 is 18.7. The summed E-state index contributed by atoms with van der Waals surface area (Å²) in [6, 6.07) is 4.94. The van der Waals surface area contributed by atoms with E-state index < -0.39 is 5.82 Å². The number of nitrogens with zero attached hydrogens (tertiary/aromatic N) is 4. The minimum Gasteiger partial charge on any atom is -0.380 e. The van der Waals surface area contributed by atoms with Crippen LogP contribution in [0, 0.1) is 12.7 Å². The van der Waals surface area contributed by atoms with Crippen molar-refractivity contribution in [3.05, 3.63) is 63.1 Å². The fourth-order valence-electron chi connectivity index (χ4n) is 3.60. The third kappa shape index (κ3) is 5.47. The Bertz CT molecular complexity index is 1070. The molecule has 1 atom stereocenters. The van der Waals surface area contributed by atoms with Gasteiger partial charge in [-0.15, -0.1) is 11.3 Å². The van der Waals surface area contributed by atoms with Gasteiger partial charge in [-0.05, 0) is 31.5 Å². The number of nitrogens with one attached hydrogen (secondary N) is 1. The Morgan fingerprint density at radius 2 is 2.06 bits per heavy atom. The maximum Gasteiger partial charge on any atom is 0.252 e. The molecular formula is C22H23ClFN5O2S. The van der Waals surface area contributed by atoms with Crippen LogP contribution in [-0.4, -0.2) is 58.6 Å². The van der Waals surface area contributed by atoms with E-state index in [2.05, 4.69) is 25.2 Å². The molecule has 32 heavy (non-hydrogen) atoms. The standard InChI is InChI=1S/C22H23ClFN5O2S/c1-14-25-13-20(32-14)19(29-5-2-7-31-8-6-29)12-28-22(30)17-9-15(3-4-18(17)23)21-26-10-16(24)11-27-21/h3-4,9-11,13,19H,2,5-8,12H2,1H3,(H,28,30). The summed E-state index contributed by atoms with van der Waals surface area (Å²) in [4.78, 5) is 28.8. The summed E-state index contributed by atoms with van der Waals surface area (Å²) in [6.07, 6.45) is 4.99. The molecule has 0 saturated carbocycles. The molecule has 1 aliphatic heterocycles. The Hall–Kier alpha value is -2.46. The molecule has 1 fully saturated rings. The van der Waals surface area contributed by atoms with Crippen LogP contribution in [-0.2, 0) is 4.74 Å². The van der Waals surface area contributed by atoms with E-state index in [-0.39, 0.29) is 11.9 Å². The first-order valence-electron chi connectivity index (χ1n) is 10.3. The molecule has 1 aliphatic rings. The molecule has 168 valence electrons. The molecule has 1 N–H and O–H groups in total. The van der Waals surface area contributed by atoms with Gasteiger partial charge in [0.2, 0.25) is 0 Å². The fraction of sp³-hybridized carbons (Fsp3) is 0.364. The van der Waals surface area contributed by atoms with Gasteiger partial charge in [0, 0.05) is 42.9 Å². The van der Waals surface area contributed by atoms with Gasteiger partial charge in [-0.3, -0.25) is 9.69 Å². The molecular weight excluding hydrogens is 453 g/mol. The van der Waals surface area contributed by atoms with Crippen LogP contribution in [0.25, 0.3) is 11.4 Å². The molecule has 0 radical (unpaired) electrons. The molecule has 3 heterocycles. The molecule has 1 amide bonds. The van der Waals surface area contributed by atoms with Gasteiger partial charge in [0.05, 0.1) is 40.6 Å². The second kappa shape index (κ2) is 10.4. The highest BCUT2D eigenvalue weighted by atomic mass is 35.5. The maximum absolute atomic E-state index is 13.1. The fourth-order valence-corrected chi connectivity index (χ4v) is 4.73. The highest BCUT2D eigenvalue weighted by molar-refractivity contribution is 7.11. The first-order valence-corrected chi connectivity index (χ1v) is 11.5. The van der Waals surface area contributed by atoms with Gasteiger partial charge < -0.3 is 10.1 Å². The summed E-state index contributed by atoms with van der Waals surface area (Å²) in [5.41, 5.74) is 0.898. The van der Waals surface area contributed by atoms with Gasteiger partial charge in [-0.25, -0.2) is 19.3 Å². The second-order valence-corrected chi connectivity index (χ2v) is 9.10. The van der Waals surface area contributed by atoms with Crippen molar-refractivity contribution in [3.63, 3.8) is 0 Å². The predicted octanol–water partition coefficient (Wildman–Crippen LogP) is 3.89. The van der Waals surface area contributed by atoms with E-state index in [0.717, 1.165) is 48.4 Å². The highest BCUT2D eigenvalue weighted by Crippen LogP contribution is 2.27. The molecule has 0 bridgehead atoms. The summed E-state index contributed by atoms with van der Waals surface area (Å²) in [7, 11) is 0. The Morgan fingerprint density at radius 3 is 2.81 bits per heavy atom. The number of hydrogen-bond acceptors (Lipinski definition) is 7. The lowest BCUT2D eigenvalue weighted by atomic mass is 10.1. The quantitative estimate of drug-likeness (QED) is 0.582. The van der Waals surface area contributed by atoms with Crippen molar-refractivity contribution in [2.24, 2.45) is 0 Å². The van der Waals surface area contributed by atoms with E-state index in [1.807, 2.05) is 13.1 Å². The van der Waals surface area contributed by atoms with Crippen LogP contribution in [0.2, 0.25) is 5.02 Å². The highest BCUT2D eigenvalue weighted by Gasteiger charge is 2.25. The molecule has 2 aromatic heterocycles. The van der Waals surface area contributed by atoms with Crippen molar-refractivity contribution in [2.75, 3.05) is 32.8 Å². The number of amides is 1. The van der Waals surface area contributed by atoms with Crippen LogP contribution >= 0.6 is 22.9 Å². The molecule has 1 saturated heterocycles. The third-order valence-corrected chi connectivity index (χ3v) is 6.55. The van der Waals surface area contributed by atoms with E-state index in [9.17, 15) is 9.18 Å². The van der Waals surface area contributed by atoms with Crippen LogP contribution in [0.1, 0.15) is 32.7 Å². The first-order chi connectivity index (χ1) is 15.5. The molecule has 0 aliphatic carbocycles. The Balaban J connectivity index is 1.52. The number of thiazole rings is 1. The third-order valence-electron chi connectivity index (χ3n) is 5.21. The Labute approximate surface area is 194 Å². The summed E-state index contributed by atoms with van der Waals surface area (Å²) in [5, 5.41) is 4.33. The number of carbonyl (C=O) groups is 1. The average molecular weight is 476 g/mol. The van der Waals surface area contributed by atoms with E-state index in [0.29, 0.717) is 35.1 Å². The van der Waals surface area contributed by atoms with E-state index in [1.165, 1.54) is 0 Å². The lowest BCUT2D eigenvalue weighted by Gasteiger charge is -2.29. The van der Waals surface area contributed by atoms with Gasteiger partial charge in [0.25, 0.3) is 5.91 Å². The van der Waals surface area contributed by atoms with Crippen LogP contribution in [0.3, 0.4) is 0 Å². The van der Waals surface area contributed by atoms with Crippen molar-refractivity contribution < 1.29 is 13.9 Å². The Kier molecular flexibility index (Phi) is 7.41. The lowest BCUT2D eigenvalue weighted by molar-refractivity contribution is 0.0929. The van der Waals surface area contributed by atoms with Crippen molar-refractivity contribution in [2.45, 2.75) is 19.4 Å². The number of aromatic nitrogens is 3. The maximum atomic E-state index is 13.1. The predicted molar refractivity (Wildman–Crippen MR) is 121 cm³/mol. The molecule has 10 heteroatoms. The van der Waals surface area contributed by atoms with Gasteiger partial charge in [-0.2, -0.15) is 0 Å². The molecule has 0 spiro atoms. The first kappa shape index (κ1) is 22.7. The second-order valence-electron chi connectivity index (χ2n) is 7.43.